The zero-order valence-electron chi connectivity index (χ0n) is 13.4. The molecule has 3 aromatic rings. The van der Waals surface area contributed by atoms with Gasteiger partial charge in [-0.3, -0.25) is 9.59 Å². The highest BCUT2D eigenvalue weighted by atomic mass is 19.1. The van der Waals surface area contributed by atoms with Crippen LogP contribution in [0.5, 0.6) is 0 Å². The van der Waals surface area contributed by atoms with Gasteiger partial charge in [-0.2, -0.15) is 5.10 Å². The van der Waals surface area contributed by atoms with Crippen LogP contribution in [0.4, 0.5) is 14.5 Å². The van der Waals surface area contributed by atoms with Crippen molar-refractivity contribution < 1.29 is 18.4 Å². The molecule has 0 spiro atoms. The quantitative estimate of drug-likeness (QED) is 0.738. The molecule has 26 heavy (non-hydrogen) atoms. The number of aromatic nitrogens is 2. The van der Waals surface area contributed by atoms with E-state index in [0.29, 0.717) is 0 Å². The number of benzene rings is 2. The predicted octanol–water partition coefficient (Wildman–Crippen LogP) is 2.52. The summed E-state index contributed by atoms with van der Waals surface area (Å²) in [7, 11) is 0. The molecule has 6 nitrogen and oxygen atoms in total. The molecule has 132 valence electrons. The molecular weight excluding hydrogens is 342 g/mol. The van der Waals surface area contributed by atoms with Gasteiger partial charge >= 0.3 is 0 Å². The van der Waals surface area contributed by atoms with Gasteiger partial charge in [0.25, 0.3) is 5.91 Å². The van der Waals surface area contributed by atoms with E-state index in [1.807, 2.05) is 0 Å². The summed E-state index contributed by atoms with van der Waals surface area (Å²) in [6.45, 7) is -0.379. The van der Waals surface area contributed by atoms with Gasteiger partial charge in [0.1, 0.15) is 11.5 Å². The molecule has 1 aromatic heterocycles. The summed E-state index contributed by atoms with van der Waals surface area (Å²) < 4.78 is 29.0. The highest BCUT2D eigenvalue weighted by Crippen LogP contribution is 2.17. The highest BCUT2D eigenvalue weighted by molar-refractivity contribution is 5.99. The fourth-order valence-electron chi connectivity index (χ4n) is 2.29. The van der Waals surface area contributed by atoms with Gasteiger partial charge in [0.15, 0.2) is 5.82 Å². The number of carbonyl (C=O) groups excluding carboxylic acids is 2. The number of halogens is 2. The minimum absolute atomic E-state index is 0.157. The predicted molar refractivity (Wildman–Crippen MR) is 90.9 cm³/mol. The van der Waals surface area contributed by atoms with E-state index in [2.05, 4.69) is 15.7 Å². The first-order valence-corrected chi connectivity index (χ1v) is 7.67. The first-order valence-electron chi connectivity index (χ1n) is 7.67. The third-order valence-electron chi connectivity index (χ3n) is 3.51. The van der Waals surface area contributed by atoms with Crippen molar-refractivity contribution in [3.05, 3.63) is 78.1 Å². The Bertz CT molecular complexity index is 942. The van der Waals surface area contributed by atoms with Crippen LogP contribution in [0, 0.1) is 11.6 Å². The van der Waals surface area contributed by atoms with Crippen LogP contribution in [0.2, 0.25) is 0 Å². The molecule has 0 aliphatic rings. The fourth-order valence-corrected chi connectivity index (χ4v) is 2.29. The van der Waals surface area contributed by atoms with Crippen LogP contribution in [0.1, 0.15) is 10.4 Å². The smallest absolute Gasteiger partial charge is 0.254 e. The van der Waals surface area contributed by atoms with Gasteiger partial charge in [0, 0.05) is 18.1 Å². The van der Waals surface area contributed by atoms with Crippen molar-refractivity contribution in [2.24, 2.45) is 0 Å². The minimum atomic E-state index is -0.710. The second kappa shape index (κ2) is 7.56. The van der Waals surface area contributed by atoms with Gasteiger partial charge in [-0.05, 0) is 36.4 Å². The fraction of sp³-hybridized carbons (Fsp3) is 0.0556. The Balaban J connectivity index is 1.59. The lowest BCUT2D eigenvalue weighted by Gasteiger charge is -2.09. The molecule has 0 aliphatic heterocycles. The Morgan fingerprint density at radius 3 is 2.54 bits per heavy atom. The van der Waals surface area contributed by atoms with E-state index in [4.69, 9.17) is 0 Å². The minimum Gasteiger partial charge on any atom is -0.343 e. The summed E-state index contributed by atoms with van der Waals surface area (Å²) in [5.41, 5.74) is 0.305. The largest absolute Gasteiger partial charge is 0.343 e. The van der Waals surface area contributed by atoms with E-state index in [-0.39, 0.29) is 23.5 Å². The first-order chi connectivity index (χ1) is 12.5. The number of hydrogen-bond acceptors (Lipinski definition) is 3. The Morgan fingerprint density at radius 2 is 1.85 bits per heavy atom. The lowest BCUT2D eigenvalue weighted by atomic mass is 10.2. The SMILES string of the molecule is O=C(CNC(=O)c1ccccc1F)Nc1ccc(-n2cccn2)c(F)c1. The van der Waals surface area contributed by atoms with Crippen molar-refractivity contribution in [3.63, 3.8) is 0 Å². The van der Waals surface area contributed by atoms with Crippen LogP contribution < -0.4 is 10.6 Å². The molecule has 2 aromatic carbocycles. The molecule has 8 heteroatoms. The Labute approximate surface area is 147 Å². The molecule has 3 rings (SSSR count). The summed E-state index contributed by atoms with van der Waals surface area (Å²) in [6, 6.07) is 11.2. The number of anilines is 1. The average Bonchev–Trinajstić information content (AvgIpc) is 3.14. The van der Waals surface area contributed by atoms with Crippen LogP contribution >= 0.6 is 0 Å². The van der Waals surface area contributed by atoms with Crippen molar-refractivity contribution in [1.82, 2.24) is 15.1 Å². The van der Waals surface area contributed by atoms with Crippen LogP contribution in [0.25, 0.3) is 5.69 Å². The van der Waals surface area contributed by atoms with Gasteiger partial charge in [-0.1, -0.05) is 12.1 Å². The second-order valence-corrected chi connectivity index (χ2v) is 5.33. The zero-order chi connectivity index (χ0) is 18.5. The monoisotopic (exact) mass is 356 g/mol. The van der Waals surface area contributed by atoms with Crippen molar-refractivity contribution in [2.45, 2.75) is 0 Å². The molecule has 0 radical (unpaired) electrons. The molecule has 1 heterocycles. The maximum atomic E-state index is 14.1. The lowest BCUT2D eigenvalue weighted by molar-refractivity contribution is -0.115. The molecule has 0 saturated heterocycles. The summed E-state index contributed by atoms with van der Waals surface area (Å²) >= 11 is 0. The van der Waals surface area contributed by atoms with Crippen molar-refractivity contribution >= 4 is 17.5 Å². The number of rotatable bonds is 5. The zero-order valence-corrected chi connectivity index (χ0v) is 13.4. The number of nitrogens with one attached hydrogen (secondary N) is 2. The van der Waals surface area contributed by atoms with E-state index in [1.165, 1.54) is 41.2 Å². The van der Waals surface area contributed by atoms with Crippen LogP contribution in [-0.2, 0) is 4.79 Å². The summed E-state index contributed by atoms with van der Waals surface area (Å²) in [4.78, 5) is 23.8. The molecule has 0 aliphatic carbocycles. The number of carbonyl (C=O) groups is 2. The maximum absolute atomic E-state index is 14.1. The van der Waals surface area contributed by atoms with E-state index in [9.17, 15) is 18.4 Å². The van der Waals surface area contributed by atoms with Crippen LogP contribution in [0.3, 0.4) is 0 Å². The van der Waals surface area contributed by atoms with E-state index >= 15 is 0 Å². The molecule has 0 bridgehead atoms. The Morgan fingerprint density at radius 1 is 1.04 bits per heavy atom. The molecular formula is C18H14F2N4O2. The first kappa shape index (κ1) is 17.3. The van der Waals surface area contributed by atoms with E-state index in [0.717, 1.165) is 12.1 Å². The average molecular weight is 356 g/mol. The summed E-state index contributed by atoms with van der Waals surface area (Å²) in [5.74, 6) is -2.53. The standard InChI is InChI=1S/C18H14F2N4O2/c19-14-5-2-1-4-13(14)18(26)21-11-17(25)23-12-6-7-16(15(20)10-12)24-9-3-8-22-24/h1-10H,11H2,(H,21,26)(H,23,25). The van der Waals surface area contributed by atoms with Crippen LogP contribution in [-0.4, -0.2) is 28.1 Å². The van der Waals surface area contributed by atoms with E-state index in [1.54, 1.807) is 12.3 Å². The molecule has 2 N–H and O–H groups in total. The second-order valence-electron chi connectivity index (χ2n) is 5.33. The highest BCUT2D eigenvalue weighted by Gasteiger charge is 2.13. The topological polar surface area (TPSA) is 76.0 Å². The molecule has 0 unspecified atom stereocenters. The van der Waals surface area contributed by atoms with Gasteiger partial charge in [-0.25, -0.2) is 13.5 Å². The van der Waals surface area contributed by atoms with Gasteiger partial charge in [0.2, 0.25) is 5.91 Å². The molecule has 0 fully saturated rings. The number of amides is 2. The maximum Gasteiger partial charge on any atom is 0.254 e. The molecule has 0 atom stereocenters. The van der Waals surface area contributed by atoms with Gasteiger partial charge in [-0.15, -0.1) is 0 Å². The Kier molecular flexibility index (Phi) is 5.02. The third-order valence-corrected chi connectivity index (χ3v) is 3.51. The Hall–Kier alpha value is -3.55. The normalized spacial score (nSPS) is 10.4. The third kappa shape index (κ3) is 3.92. The van der Waals surface area contributed by atoms with Gasteiger partial charge < -0.3 is 10.6 Å². The van der Waals surface area contributed by atoms with E-state index < -0.39 is 23.4 Å². The van der Waals surface area contributed by atoms with Crippen molar-refractivity contribution in [1.29, 1.82) is 0 Å². The number of hydrogen-bond donors (Lipinski definition) is 2. The summed E-state index contributed by atoms with van der Waals surface area (Å²) in [5, 5.41) is 8.70. The van der Waals surface area contributed by atoms with Crippen LogP contribution in [0.15, 0.2) is 60.9 Å². The lowest BCUT2D eigenvalue weighted by Crippen LogP contribution is -2.33. The number of nitrogens with zero attached hydrogens (tertiary/aromatic N) is 2. The summed E-state index contributed by atoms with van der Waals surface area (Å²) in [6.07, 6.45) is 3.11. The molecule has 2 amide bonds. The van der Waals surface area contributed by atoms with Crippen molar-refractivity contribution in [2.75, 3.05) is 11.9 Å². The van der Waals surface area contributed by atoms with Gasteiger partial charge in [0.05, 0.1) is 12.1 Å². The molecule has 0 saturated carbocycles. The van der Waals surface area contributed by atoms with Crippen molar-refractivity contribution in [3.8, 4) is 5.69 Å².